The third-order valence-electron chi connectivity index (χ3n) is 6.04. The molecule has 0 aliphatic carbocycles. The Morgan fingerprint density at radius 3 is 2.60 bits per heavy atom. The van der Waals surface area contributed by atoms with Crippen LogP contribution < -0.4 is 10.2 Å². The maximum absolute atomic E-state index is 12.3. The summed E-state index contributed by atoms with van der Waals surface area (Å²) in [5.41, 5.74) is 1.93. The summed E-state index contributed by atoms with van der Waals surface area (Å²) in [5, 5.41) is 19.3. The molecule has 1 fully saturated rings. The van der Waals surface area contributed by atoms with Crippen LogP contribution in [0, 0.1) is 21.1 Å². The van der Waals surface area contributed by atoms with E-state index >= 15 is 0 Å². The van der Waals surface area contributed by atoms with Crippen molar-refractivity contribution in [2.45, 2.75) is 25.3 Å². The number of carbonyl (C=O) groups is 1. The fraction of sp³-hybridized carbons (Fsp3) is 0.308. The maximum atomic E-state index is 12.3. The first kappa shape index (κ1) is 23.8. The Hall–Kier alpha value is -4.32. The van der Waals surface area contributed by atoms with Crippen LogP contribution in [0.2, 0.25) is 0 Å². The fourth-order valence-corrected chi connectivity index (χ4v) is 4.14. The number of carbonyl (C=O) groups excluding carboxylic acids is 1. The van der Waals surface area contributed by atoms with E-state index in [9.17, 15) is 19.9 Å². The summed E-state index contributed by atoms with van der Waals surface area (Å²) in [4.78, 5) is 35.6. The fourth-order valence-electron chi connectivity index (χ4n) is 4.14. The van der Waals surface area contributed by atoms with Gasteiger partial charge in [0.25, 0.3) is 5.91 Å². The molecule has 1 aliphatic heterocycles. The summed E-state index contributed by atoms with van der Waals surface area (Å²) in [7, 11) is 0. The molecule has 1 saturated heterocycles. The van der Waals surface area contributed by atoms with E-state index in [2.05, 4.69) is 44.8 Å². The first-order valence-corrected chi connectivity index (χ1v) is 11.5. The van der Waals surface area contributed by atoms with E-state index in [0.717, 1.165) is 29.4 Å². The minimum atomic E-state index is -0.976. The van der Waals surface area contributed by atoms with Gasteiger partial charge in [-0.3, -0.25) is 4.79 Å². The molecule has 1 N–H and O–H groups in total. The summed E-state index contributed by atoms with van der Waals surface area (Å²) in [6.45, 7) is 1.66. The molecule has 1 atom stereocenters. The second-order valence-electron chi connectivity index (χ2n) is 8.45. The van der Waals surface area contributed by atoms with Gasteiger partial charge in [-0.15, -0.1) is 0 Å². The van der Waals surface area contributed by atoms with Gasteiger partial charge in [0.05, 0.1) is 0 Å². The number of benzene rings is 2. The maximum Gasteiger partial charge on any atom is 0.262 e. The van der Waals surface area contributed by atoms with Crippen molar-refractivity contribution in [3.8, 4) is 17.4 Å². The Kier molecular flexibility index (Phi) is 7.63. The standard InChI is InChI=1S/C26H25N5O4/c27-15-21(26(32)28-16-22(30-34)17-29-33)14-24-8-9-25(35-24)20-5-4-19-13-23(7-6-18(19)12-20)31-10-2-1-3-11-31/h4-9,12-14,22H,1-3,10-11,16-17H2,(H,28,32)/b21-14+. The predicted molar refractivity (Wildman–Crippen MR) is 135 cm³/mol. The van der Waals surface area contributed by atoms with Crippen molar-refractivity contribution in [2.75, 3.05) is 31.1 Å². The monoisotopic (exact) mass is 471 g/mol. The minimum absolute atomic E-state index is 0.187. The number of hydrogen-bond donors (Lipinski definition) is 1. The molecule has 0 bridgehead atoms. The van der Waals surface area contributed by atoms with E-state index in [4.69, 9.17) is 4.42 Å². The molecule has 1 aromatic heterocycles. The van der Waals surface area contributed by atoms with E-state index in [0.29, 0.717) is 11.5 Å². The Bertz CT molecular complexity index is 1300. The molecule has 0 radical (unpaired) electrons. The summed E-state index contributed by atoms with van der Waals surface area (Å²) in [6.07, 6.45) is 5.09. The van der Waals surface area contributed by atoms with Gasteiger partial charge in [-0.05, 0) is 60.4 Å². The minimum Gasteiger partial charge on any atom is -0.457 e. The van der Waals surface area contributed by atoms with Crippen LogP contribution >= 0.6 is 0 Å². The smallest absolute Gasteiger partial charge is 0.262 e. The number of nitrogens with one attached hydrogen (secondary N) is 1. The normalized spacial score (nSPS) is 14.8. The second-order valence-corrected chi connectivity index (χ2v) is 8.45. The summed E-state index contributed by atoms with van der Waals surface area (Å²) < 4.78 is 5.86. The van der Waals surface area contributed by atoms with Crippen LogP contribution in [0.1, 0.15) is 25.0 Å². The van der Waals surface area contributed by atoms with Gasteiger partial charge < -0.3 is 14.6 Å². The SMILES string of the molecule is N#C/C(=C\c1ccc(-c2ccc3cc(N4CCCCC4)ccc3c2)o1)C(=O)NCC(CN=O)N=O. The van der Waals surface area contributed by atoms with Crippen LogP contribution in [-0.2, 0) is 4.79 Å². The summed E-state index contributed by atoms with van der Waals surface area (Å²) >= 11 is 0. The molecule has 0 saturated carbocycles. The lowest BCUT2D eigenvalue weighted by molar-refractivity contribution is -0.117. The van der Waals surface area contributed by atoms with Gasteiger partial charge >= 0.3 is 0 Å². The van der Waals surface area contributed by atoms with Crippen molar-refractivity contribution in [3.63, 3.8) is 0 Å². The van der Waals surface area contributed by atoms with Crippen LogP contribution in [0.15, 0.2) is 68.9 Å². The van der Waals surface area contributed by atoms with Crippen molar-refractivity contribution >= 4 is 28.4 Å². The number of anilines is 1. The number of rotatable bonds is 9. The number of piperidine rings is 1. The third-order valence-corrected chi connectivity index (χ3v) is 6.04. The number of hydrogen-bond acceptors (Lipinski definition) is 8. The highest BCUT2D eigenvalue weighted by atomic mass is 16.3. The number of nitriles is 1. The highest BCUT2D eigenvalue weighted by Crippen LogP contribution is 2.30. The first-order chi connectivity index (χ1) is 17.1. The van der Waals surface area contributed by atoms with E-state index < -0.39 is 11.9 Å². The highest BCUT2D eigenvalue weighted by molar-refractivity contribution is 6.01. The highest BCUT2D eigenvalue weighted by Gasteiger charge is 2.15. The van der Waals surface area contributed by atoms with E-state index in [-0.39, 0.29) is 18.7 Å². The Morgan fingerprint density at radius 1 is 1.09 bits per heavy atom. The zero-order chi connectivity index (χ0) is 24.6. The van der Waals surface area contributed by atoms with Crippen LogP contribution in [0.3, 0.4) is 0 Å². The topological polar surface area (TPSA) is 128 Å². The van der Waals surface area contributed by atoms with Crippen LogP contribution in [-0.4, -0.2) is 38.1 Å². The average molecular weight is 472 g/mol. The molecule has 1 unspecified atom stereocenters. The zero-order valence-electron chi connectivity index (χ0n) is 19.1. The number of fused-ring (bicyclic) bond motifs is 1. The van der Waals surface area contributed by atoms with Gasteiger partial charge in [0.1, 0.15) is 35.7 Å². The van der Waals surface area contributed by atoms with Gasteiger partial charge in [0, 0.05) is 37.0 Å². The van der Waals surface area contributed by atoms with Gasteiger partial charge in [-0.2, -0.15) is 15.1 Å². The summed E-state index contributed by atoms with van der Waals surface area (Å²) in [6, 6.07) is 16.9. The Morgan fingerprint density at radius 2 is 1.86 bits per heavy atom. The molecule has 0 spiro atoms. The van der Waals surface area contributed by atoms with Crippen molar-refractivity contribution in [3.05, 3.63) is 69.7 Å². The molecule has 2 heterocycles. The van der Waals surface area contributed by atoms with Gasteiger partial charge in [-0.1, -0.05) is 28.6 Å². The van der Waals surface area contributed by atoms with Gasteiger partial charge in [-0.25, -0.2) is 0 Å². The quantitative estimate of drug-likeness (QED) is 0.265. The average Bonchev–Trinajstić information content (AvgIpc) is 3.38. The Labute approximate surface area is 202 Å². The van der Waals surface area contributed by atoms with Gasteiger partial charge in [0.2, 0.25) is 0 Å². The predicted octanol–water partition coefficient (Wildman–Crippen LogP) is 5.01. The molecule has 1 aliphatic rings. The lowest BCUT2D eigenvalue weighted by Gasteiger charge is -2.29. The molecular weight excluding hydrogens is 446 g/mol. The number of furan rings is 1. The van der Waals surface area contributed by atoms with E-state index in [1.165, 1.54) is 31.0 Å². The zero-order valence-corrected chi connectivity index (χ0v) is 19.1. The van der Waals surface area contributed by atoms with Crippen LogP contribution in [0.5, 0.6) is 0 Å². The molecule has 9 nitrogen and oxygen atoms in total. The molecule has 2 aromatic carbocycles. The third kappa shape index (κ3) is 5.79. The molecule has 3 aromatic rings. The largest absolute Gasteiger partial charge is 0.457 e. The lowest BCUT2D eigenvalue weighted by atomic mass is 10.0. The molecule has 35 heavy (non-hydrogen) atoms. The van der Waals surface area contributed by atoms with Gasteiger partial charge in [0.15, 0.2) is 0 Å². The van der Waals surface area contributed by atoms with Crippen LogP contribution in [0.25, 0.3) is 28.2 Å². The molecule has 9 heteroatoms. The number of nitrogens with zero attached hydrogens (tertiary/aromatic N) is 4. The lowest BCUT2D eigenvalue weighted by Crippen LogP contribution is -2.33. The molecule has 1 amide bonds. The summed E-state index contributed by atoms with van der Waals surface area (Å²) in [5.74, 6) is 0.255. The van der Waals surface area contributed by atoms with Crippen LogP contribution in [0.4, 0.5) is 5.69 Å². The van der Waals surface area contributed by atoms with Crippen molar-refractivity contribution < 1.29 is 9.21 Å². The Balaban J connectivity index is 1.48. The second kappa shape index (κ2) is 11.2. The van der Waals surface area contributed by atoms with Crippen molar-refractivity contribution in [1.82, 2.24) is 5.32 Å². The molecule has 4 rings (SSSR count). The molecule has 178 valence electrons. The van der Waals surface area contributed by atoms with E-state index in [1.54, 1.807) is 12.1 Å². The number of nitroso groups, excluding NO2 is 2. The van der Waals surface area contributed by atoms with Crippen molar-refractivity contribution in [2.24, 2.45) is 10.4 Å². The number of amides is 1. The van der Waals surface area contributed by atoms with Crippen molar-refractivity contribution in [1.29, 1.82) is 5.26 Å². The molecular formula is C26H25N5O4. The van der Waals surface area contributed by atoms with E-state index in [1.807, 2.05) is 18.2 Å². The first-order valence-electron chi connectivity index (χ1n) is 11.5.